The normalized spacial score (nSPS) is 10.2. The van der Waals surface area contributed by atoms with Gasteiger partial charge in [0.15, 0.2) is 6.79 Å². The van der Waals surface area contributed by atoms with Crippen LogP contribution in [-0.2, 0) is 9.47 Å². The Morgan fingerprint density at radius 1 is 1.41 bits per heavy atom. The van der Waals surface area contributed by atoms with E-state index in [2.05, 4.69) is 15.9 Å². The third-order valence-corrected chi connectivity index (χ3v) is 2.39. The highest BCUT2D eigenvalue weighted by Crippen LogP contribution is 2.23. The van der Waals surface area contributed by atoms with Gasteiger partial charge in [-0.05, 0) is 18.2 Å². The van der Waals surface area contributed by atoms with Crippen LogP contribution in [0.1, 0.15) is 10.4 Å². The lowest BCUT2D eigenvalue weighted by Gasteiger charge is -2.09. The first-order chi connectivity index (χ1) is 8.15. The molecule has 94 valence electrons. The highest BCUT2D eigenvalue weighted by atomic mass is 79.9. The number of hydrogen-bond donors (Lipinski definition) is 1. The van der Waals surface area contributed by atoms with E-state index in [0.717, 1.165) is 0 Å². The maximum atomic E-state index is 10.9. The van der Waals surface area contributed by atoms with Crippen molar-refractivity contribution in [2.75, 3.05) is 27.1 Å². The van der Waals surface area contributed by atoms with Gasteiger partial charge < -0.3 is 19.3 Å². The fraction of sp³-hybridized carbons (Fsp3) is 0.364. The first kappa shape index (κ1) is 14.0. The molecule has 0 amide bonds. The highest BCUT2D eigenvalue weighted by molar-refractivity contribution is 9.10. The van der Waals surface area contributed by atoms with E-state index in [1.54, 1.807) is 19.2 Å². The second-order valence-electron chi connectivity index (χ2n) is 3.11. The van der Waals surface area contributed by atoms with Crippen molar-refractivity contribution in [3.8, 4) is 5.75 Å². The molecule has 0 radical (unpaired) electrons. The van der Waals surface area contributed by atoms with Crippen molar-refractivity contribution in [3.05, 3.63) is 28.2 Å². The Balaban J connectivity index is 2.55. The molecule has 0 aliphatic heterocycles. The summed E-state index contributed by atoms with van der Waals surface area (Å²) in [7, 11) is 1.57. The summed E-state index contributed by atoms with van der Waals surface area (Å²) >= 11 is 3.20. The molecule has 0 saturated carbocycles. The average molecular weight is 305 g/mol. The number of ether oxygens (including phenoxy) is 3. The molecule has 1 N–H and O–H groups in total. The second-order valence-corrected chi connectivity index (χ2v) is 4.02. The number of halogens is 1. The summed E-state index contributed by atoms with van der Waals surface area (Å²) in [4.78, 5) is 10.9. The third kappa shape index (κ3) is 4.72. The molecule has 0 aromatic heterocycles. The van der Waals surface area contributed by atoms with Gasteiger partial charge in [0.25, 0.3) is 0 Å². The number of rotatable bonds is 7. The largest absolute Gasteiger partial charge is 0.478 e. The summed E-state index contributed by atoms with van der Waals surface area (Å²) in [5.74, 6) is -0.767. The van der Waals surface area contributed by atoms with Gasteiger partial charge >= 0.3 is 5.97 Å². The molecule has 0 unspecified atom stereocenters. The van der Waals surface area contributed by atoms with E-state index in [9.17, 15) is 4.79 Å². The minimum Gasteiger partial charge on any atom is -0.478 e. The van der Waals surface area contributed by atoms with Gasteiger partial charge in [0.2, 0.25) is 0 Å². The number of carbonyl (C=O) groups is 1. The number of benzene rings is 1. The fourth-order valence-corrected chi connectivity index (χ4v) is 1.46. The van der Waals surface area contributed by atoms with E-state index < -0.39 is 5.97 Å². The summed E-state index contributed by atoms with van der Waals surface area (Å²) in [5.41, 5.74) is 0.0923. The van der Waals surface area contributed by atoms with Gasteiger partial charge in [0.05, 0.1) is 13.2 Å². The highest BCUT2D eigenvalue weighted by Gasteiger charge is 2.11. The molecule has 17 heavy (non-hydrogen) atoms. The molecule has 0 aliphatic rings. The van der Waals surface area contributed by atoms with Gasteiger partial charge in [0, 0.05) is 11.6 Å². The Morgan fingerprint density at radius 3 is 2.82 bits per heavy atom. The second kappa shape index (κ2) is 7.26. The molecule has 1 rings (SSSR count). The summed E-state index contributed by atoms with van der Waals surface area (Å²) in [6.45, 7) is 0.857. The lowest BCUT2D eigenvalue weighted by molar-refractivity contribution is -0.00897. The number of carboxylic acids is 1. The van der Waals surface area contributed by atoms with Gasteiger partial charge in [-0.25, -0.2) is 4.79 Å². The number of methoxy groups -OCH3 is 1. The van der Waals surface area contributed by atoms with Crippen LogP contribution >= 0.6 is 15.9 Å². The van der Waals surface area contributed by atoms with E-state index in [4.69, 9.17) is 19.3 Å². The van der Waals surface area contributed by atoms with E-state index in [1.165, 1.54) is 6.07 Å². The van der Waals surface area contributed by atoms with Crippen LogP contribution in [0.15, 0.2) is 22.7 Å². The van der Waals surface area contributed by atoms with Crippen molar-refractivity contribution in [3.63, 3.8) is 0 Å². The third-order valence-electron chi connectivity index (χ3n) is 1.90. The van der Waals surface area contributed by atoms with Crippen LogP contribution < -0.4 is 4.74 Å². The Hall–Kier alpha value is -1.11. The number of aromatic carboxylic acids is 1. The first-order valence-electron chi connectivity index (χ1n) is 4.87. The van der Waals surface area contributed by atoms with E-state index in [1.807, 2.05) is 0 Å². The lowest BCUT2D eigenvalue weighted by Crippen LogP contribution is -2.10. The van der Waals surface area contributed by atoms with Crippen LogP contribution in [-0.4, -0.2) is 38.2 Å². The summed E-state index contributed by atoms with van der Waals surface area (Å²) in [6, 6.07) is 4.76. The lowest BCUT2D eigenvalue weighted by atomic mass is 10.2. The van der Waals surface area contributed by atoms with Gasteiger partial charge in [0.1, 0.15) is 11.3 Å². The predicted molar refractivity (Wildman–Crippen MR) is 64.4 cm³/mol. The van der Waals surface area contributed by atoms with Crippen molar-refractivity contribution in [1.82, 2.24) is 0 Å². The van der Waals surface area contributed by atoms with Crippen LogP contribution in [0.3, 0.4) is 0 Å². The molecule has 0 atom stereocenters. The molecule has 0 spiro atoms. The van der Waals surface area contributed by atoms with Gasteiger partial charge in [-0.1, -0.05) is 15.9 Å². The van der Waals surface area contributed by atoms with Crippen LogP contribution in [0.4, 0.5) is 0 Å². The van der Waals surface area contributed by atoms with E-state index >= 15 is 0 Å². The molecule has 1 aromatic rings. The van der Waals surface area contributed by atoms with Crippen LogP contribution in [0.2, 0.25) is 0 Å². The van der Waals surface area contributed by atoms with E-state index in [0.29, 0.717) is 17.7 Å². The smallest absolute Gasteiger partial charge is 0.339 e. The summed E-state index contributed by atoms with van der Waals surface area (Å²) < 4.78 is 15.8. The van der Waals surface area contributed by atoms with Crippen LogP contribution in [0, 0.1) is 0 Å². The molecule has 6 heteroatoms. The average Bonchev–Trinajstić information content (AvgIpc) is 2.30. The molecule has 0 heterocycles. The zero-order chi connectivity index (χ0) is 12.7. The van der Waals surface area contributed by atoms with E-state index in [-0.39, 0.29) is 18.1 Å². The maximum Gasteiger partial charge on any atom is 0.339 e. The molecule has 0 aliphatic carbocycles. The van der Waals surface area contributed by atoms with Crippen molar-refractivity contribution in [2.45, 2.75) is 0 Å². The first-order valence-corrected chi connectivity index (χ1v) is 5.66. The van der Waals surface area contributed by atoms with Crippen molar-refractivity contribution < 1.29 is 24.1 Å². The van der Waals surface area contributed by atoms with Gasteiger partial charge in [-0.15, -0.1) is 0 Å². The zero-order valence-electron chi connectivity index (χ0n) is 9.31. The van der Waals surface area contributed by atoms with Gasteiger partial charge in [-0.2, -0.15) is 0 Å². The molecule has 0 bridgehead atoms. The Labute approximate surface area is 107 Å². The SMILES string of the molecule is COCCOCOc1ccc(Br)cc1C(=O)O. The molecule has 0 saturated heterocycles. The maximum absolute atomic E-state index is 10.9. The molecule has 5 nitrogen and oxygen atoms in total. The Bertz CT molecular complexity index is 380. The monoisotopic (exact) mass is 304 g/mol. The quantitative estimate of drug-likeness (QED) is 0.617. The zero-order valence-corrected chi connectivity index (χ0v) is 10.9. The molecule has 0 fully saturated rings. The van der Waals surface area contributed by atoms with Crippen molar-refractivity contribution >= 4 is 21.9 Å². The minimum atomic E-state index is -1.04. The number of hydrogen-bond acceptors (Lipinski definition) is 4. The number of carboxylic acid groups (broad SMARTS) is 1. The summed E-state index contributed by atoms with van der Waals surface area (Å²) in [5, 5.41) is 8.97. The molecular formula is C11H13BrO5. The fourth-order valence-electron chi connectivity index (χ4n) is 1.10. The molecular weight excluding hydrogens is 292 g/mol. The molecule has 1 aromatic carbocycles. The predicted octanol–water partition coefficient (Wildman–Crippen LogP) is 2.15. The Kier molecular flexibility index (Phi) is 5.96. The van der Waals surface area contributed by atoms with Gasteiger partial charge in [-0.3, -0.25) is 0 Å². The van der Waals surface area contributed by atoms with Crippen molar-refractivity contribution in [1.29, 1.82) is 0 Å². The Morgan fingerprint density at radius 2 is 2.18 bits per heavy atom. The summed E-state index contributed by atoms with van der Waals surface area (Å²) in [6.07, 6.45) is 0. The topological polar surface area (TPSA) is 65.0 Å². The van der Waals surface area contributed by atoms with Crippen LogP contribution in [0.5, 0.6) is 5.75 Å². The van der Waals surface area contributed by atoms with Crippen molar-refractivity contribution in [2.24, 2.45) is 0 Å². The standard InChI is InChI=1S/C11H13BrO5/c1-15-4-5-16-7-17-10-3-2-8(12)6-9(10)11(13)14/h2-3,6H,4-5,7H2,1H3,(H,13,14). The minimum absolute atomic E-state index is 0.00866. The van der Waals surface area contributed by atoms with Crippen LogP contribution in [0.25, 0.3) is 0 Å².